The second-order valence-electron chi connectivity index (χ2n) is 9.87. The Balaban J connectivity index is 1.21. The fourth-order valence-electron chi connectivity index (χ4n) is 5.18. The number of aromatic nitrogens is 1. The first-order valence-electron chi connectivity index (χ1n) is 13.2. The Bertz CT molecular complexity index is 1310. The minimum absolute atomic E-state index is 0.153. The highest BCUT2D eigenvalue weighted by molar-refractivity contribution is 5.88. The van der Waals surface area contributed by atoms with Crippen LogP contribution in [0.15, 0.2) is 60.8 Å². The monoisotopic (exact) mass is 535 g/mol. The number of esters is 1. The molecule has 2 saturated heterocycles. The van der Waals surface area contributed by atoms with E-state index in [-0.39, 0.29) is 26.2 Å². The van der Waals surface area contributed by atoms with Crippen LogP contribution in [0.3, 0.4) is 0 Å². The predicted octanol–water partition coefficient (Wildman–Crippen LogP) is 3.30. The van der Waals surface area contributed by atoms with Gasteiger partial charge in [0.1, 0.15) is 18.8 Å². The Kier molecular flexibility index (Phi) is 8.13. The molecule has 2 fully saturated rings. The molecule has 0 bridgehead atoms. The number of rotatable bonds is 7. The van der Waals surface area contributed by atoms with Crippen LogP contribution in [-0.4, -0.2) is 72.6 Å². The molecule has 10 nitrogen and oxygen atoms in total. The number of methoxy groups -OCH3 is 1. The van der Waals surface area contributed by atoms with Crippen molar-refractivity contribution < 1.29 is 33.3 Å². The molecule has 0 radical (unpaired) electrons. The first-order valence-corrected chi connectivity index (χ1v) is 13.2. The second-order valence-corrected chi connectivity index (χ2v) is 9.87. The van der Waals surface area contributed by atoms with Crippen LogP contribution >= 0.6 is 0 Å². The van der Waals surface area contributed by atoms with E-state index in [1.54, 1.807) is 4.90 Å². The van der Waals surface area contributed by atoms with Crippen molar-refractivity contribution in [1.29, 1.82) is 0 Å². The van der Waals surface area contributed by atoms with E-state index >= 15 is 0 Å². The predicted molar refractivity (Wildman–Crippen MR) is 142 cm³/mol. The summed E-state index contributed by atoms with van der Waals surface area (Å²) >= 11 is 0. The number of amides is 2. The van der Waals surface area contributed by atoms with E-state index in [1.165, 1.54) is 7.11 Å². The first kappa shape index (κ1) is 26.7. The molecule has 0 aliphatic carbocycles. The van der Waals surface area contributed by atoms with Gasteiger partial charge in [0.2, 0.25) is 5.91 Å². The van der Waals surface area contributed by atoms with E-state index in [0.717, 1.165) is 22.0 Å². The number of fused-ring (bicyclic) bond motifs is 1. The van der Waals surface area contributed by atoms with Crippen molar-refractivity contribution in [3.63, 3.8) is 0 Å². The molecule has 10 heteroatoms. The molecule has 206 valence electrons. The number of hydrogen-bond acceptors (Lipinski definition) is 7. The number of aromatic amines is 1. The van der Waals surface area contributed by atoms with Crippen LogP contribution in [0.5, 0.6) is 0 Å². The largest absolute Gasteiger partial charge is 0.467 e. The van der Waals surface area contributed by atoms with Crippen LogP contribution in [0.2, 0.25) is 0 Å². The number of likely N-dealkylation sites (tertiary alicyclic amines) is 1. The number of hydrogen-bond donors (Lipinski definition) is 2. The van der Waals surface area contributed by atoms with Crippen molar-refractivity contribution in [3.05, 3.63) is 71.9 Å². The van der Waals surface area contributed by atoms with Crippen LogP contribution < -0.4 is 5.32 Å². The van der Waals surface area contributed by atoms with Crippen LogP contribution in [0.25, 0.3) is 10.9 Å². The van der Waals surface area contributed by atoms with E-state index in [9.17, 15) is 14.4 Å². The third-order valence-corrected chi connectivity index (χ3v) is 7.18. The molecule has 2 aliphatic heterocycles. The highest BCUT2D eigenvalue weighted by Crippen LogP contribution is 2.33. The van der Waals surface area contributed by atoms with Crippen molar-refractivity contribution in [1.82, 2.24) is 15.2 Å². The zero-order valence-corrected chi connectivity index (χ0v) is 21.9. The molecule has 1 aromatic heterocycles. The van der Waals surface area contributed by atoms with Crippen molar-refractivity contribution in [2.75, 3.05) is 26.8 Å². The maximum absolute atomic E-state index is 13.3. The topological polar surface area (TPSA) is 119 Å². The minimum atomic E-state index is -1.11. The van der Waals surface area contributed by atoms with Crippen molar-refractivity contribution in [3.8, 4) is 0 Å². The lowest BCUT2D eigenvalue weighted by atomic mass is 10.0. The summed E-state index contributed by atoms with van der Waals surface area (Å²) < 4.78 is 22.7. The quantitative estimate of drug-likeness (QED) is 0.446. The number of ether oxygens (including phenoxy) is 4. The molecule has 3 unspecified atom stereocenters. The number of para-hydroxylation sites is 1. The van der Waals surface area contributed by atoms with Crippen LogP contribution in [-0.2, 0) is 41.6 Å². The lowest BCUT2D eigenvalue weighted by molar-refractivity contribution is -0.301. The molecular formula is C29H33N3O7. The average molecular weight is 536 g/mol. The number of carbonyl (C=O) groups excluding carboxylic acids is 3. The number of nitrogens with one attached hydrogen (secondary N) is 2. The highest BCUT2D eigenvalue weighted by atomic mass is 16.7. The normalized spacial score (nSPS) is 21.9. The Labute approximate surface area is 226 Å². The van der Waals surface area contributed by atoms with Gasteiger partial charge in [0.15, 0.2) is 5.79 Å². The zero-order chi connectivity index (χ0) is 27.2. The summed E-state index contributed by atoms with van der Waals surface area (Å²) in [5.74, 6) is -2.07. The van der Waals surface area contributed by atoms with E-state index in [0.29, 0.717) is 25.8 Å². The molecule has 1 spiro atoms. The third kappa shape index (κ3) is 6.23. The molecule has 3 heterocycles. The molecule has 2 amide bonds. The standard InChI is InChI=1S/C29H33N3O7/c1-36-27(34)24(16-21-17-30-23-11-6-5-10-22(21)23)31-26(33)25-12-15-38-29(39-25)13-7-14-32(19-29)28(35)37-18-20-8-3-2-4-9-20/h2-6,8-11,17,24-25,30H,7,12-16,18-19H2,1H3,(H,31,33). The lowest BCUT2D eigenvalue weighted by Crippen LogP contribution is -2.59. The van der Waals surface area contributed by atoms with E-state index in [1.807, 2.05) is 60.8 Å². The van der Waals surface area contributed by atoms with Gasteiger partial charge in [0.25, 0.3) is 0 Å². The Morgan fingerprint density at radius 3 is 2.77 bits per heavy atom. The van der Waals surface area contributed by atoms with Gasteiger partial charge < -0.3 is 34.1 Å². The molecule has 3 atom stereocenters. The Morgan fingerprint density at radius 2 is 1.95 bits per heavy atom. The number of nitrogens with zero attached hydrogens (tertiary/aromatic N) is 1. The van der Waals surface area contributed by atoms with Gasteiger partial charge in [-0.25, -0.2) is 9.59 Å². The number of H-pyrrole nitrogens is 1. The van der Waals surface area contributed by atoms with E-state index < -0.39 is 35.9 Å². The summed E-state index contributed by atoms with van der Waals surface area (Å²) in [6.45, 7) is 1.12. The zero-order valence-electron chi connectivity index (χ0n) is 21.9. The molecule has 5 rings (SSSR count). The Morgan fingerprint density at radius 1 is 1.15 bits per heavy atom. The minimum Gasteiger partial charge on any atom is -0.467 e. The molecule has 2 aliphatic rings. The molecule has 3 aromatic rings. The van der Waals surface area contributed by atoms with Crippen LogP contribution in [0.1, 0.15) is 30.4 Å². The third-order valence-electron chi connectivity index (χ3n) is 7.18. The first-order chi connectivity index (χ1) is 19.0. The van der Waals surface area contributed by atoms with Crippen molar-refractivity contribution in [2.45, 2.75) is 50.2 Å². The van der Waals surface area contributed by atoms with Crippen molar-refractivity contribution >= 4 is 28.9 Å². The fourth-order valence-corrected chi connectivity index (χ4v) is 5.18. The highest BCUT2D eigenvalue weighted by Gasteiger charge is 2.46. The van der Waals surface area contributed by atoms with Crippen LogP contribution in [0.4, 0.5) is 4.79 Å². The average Bonchev–Trinajstić information content (AvgIpc) is 3.38. The van der Waals surface area contributed by atoms with Gasteiger partial charge in [-0.1, -0.05) is 48.5 Å². The second kappa shape index (κ2) is 11.9. The molecular weight excluding hydrogens is 502 g/mol. The number of carbonyl (C=O) groups is 3. The maximum atomic E-state index is 13.3. The lowest BCUT2D eigenvalue weighted by Gasteiger charge is -2.45. The van der Waals surface area contributed by atoms with Crippen molar-refractivity contribution in [2.24, 2.45) is 0 Å². The number of piperidine rings is 1. The summed E-state index contributed by atoms with van der Waals surface area (Å²) in [4.78, 5) is 43.4. The van der Waals surface area contributed by atoms with E-state index in [4.69, 9.17) is 18.9 Å². The smallest absolute Gasteiger partial charge is 0.410 e. The van der Waals surface area contributed by atoms with E-state index in [2.05, 4.69) is 10.3 Å². The molecule has 2 N–H and O–H groups in total. The summed E-state index contributed by atoms with van der Waals surface area (Å²) in [6, 6.07) is 16.3. The van der Waals surface area contributed by atoms with Gasteiger partial charge in [-0.05, 0) is 23.6 Å². The summed E-state index contributed by atoms with van der Waals surface area (Å²) in [7, 11) is 1.30. The van der Waals surface area contributed by atoms with Gasteiger partial charge >= 0.3 is 12.1 Å². The SMILES string of the molecule is COC(=O)C(Cc1c[nH]c2ccccc12)NC(=O)C1CCOC2(CCCN(C(=O)OCc3ccccc3)C2)O1. The van der Waals surface area contributed by atoms with Gasteiger partial charge in [0, 0.05) is 42.9 Å². The van der Waals surface area contributed by atoms with Gasteiger partial charge in [-0.3, -0.25) is 4.79 Å². The van der Waals surface area contributed by atoms with Crippen LogP contribution in [0, 0.1) is 0 Å². The molecule has 0 saturated carbocycles. The number of benzene rings is 2. The summed E-state index contributed by atoms with van der Waals surface area (Å²) in [5.41, 5.74) is 2.73. The van der Waals surface area contributed by atoms with Gasteiger partial charge in [-0.2, -0.15) is 0 Å². The van der Waals surface area contributed by atoms with Gasteiger partial charge in [0.05, 0.1) is 20.3 Å². The van der Waals surface area contributed by atoms with Gasteiger partial charge in [-0.15, -0.1) is 0 Å². The molecule has 39 heavy (non-hydrogen) atoms. The summed E-state index contributed by atoms with van der Waals surface area (Å²) in [6.07, 6.45) is 2.30. The summed E-state index contributed by atoms with van der Waals surface area (Å²) in [5, 5.41) is 3.80. The fraction of sp³-hybridized carbons (Fsp3) is 0.414. The maximum Gasteiger partial charge on any atom is 0.410 e. The Hall–Kier alpha value is -3.89. The molecule has 2 aromatic carbocycles.